The van der Waals surface area contributed by atoms with Crippen LogP contribution >= 0.6 is 0 Å². The summed E-state index contributed by atoms with van der Waals surface area (Å²) >= 11 is 0. The number of nitrogens with zero attached hydrogens (tertiary/aromatic N) is 2. The lowest BCUT2D eigenvalue weighted by atomic mass is 9.99. The van der Waals surface area contributed by atoms with E-state index in [9.17, 15) is 4.79 Å². The van der Waals surface area contributed by atoms with E-state index in [-0.39, 0.29) is 17.8 Å². The Morgan fingerprint density at radius 1 is 1.37 bits per heavy atom. The van der Waals surface area contributed by atoms with Crippen molar-refractivity contribution in [1.29, 1.82) is 0 Å². The molecule has 0 aliphatic rings. The largest absolute Gasteiger partial charge is 0.368 e. The molecule has 2 rings (SSSR count). The van der Waals surface area contributed by atoms with Crippen molar-refractivity contribution < 1.29 is 4.79 Å². The molecule has 5 nitrogen and oxygen atoms in total. The first-order chi connectivity index (χ1) is 9.04. The van der Waals surface area contributed by atoms with Crippen LogP contribution < -0.4 is 11.1 Å². The quantitative estimate of drug-likeness (QED) is 0.883. The van der Waals surface area contributed by atoms with E-state index in [4.69, 9.17) is 5.73 Å². The van der Waals surface area contributed by atoms with E-state index in [0.29, 0.717) is 17.6 Å². The zero-order chi connectivity index (χ0) is 14.0. The second-order valence-electron chi connectivity index (χ2n) is 4.68. The highest BCUT2D eigenvalue weighted by Crippen LogP contribution is 2.26. The molecule has 0 spiro atoms. The SMILES string of the molecule is CCNC(=O)c1cccc2nc(N)nc(C(C)C)c12. The van der Waals surface area contributed by atoms with Crippen molar-refractivity contribution in [2.75, 3.05) is 12.3 Å². The van der Waals surface area contributed by atoms with Gasteiger partial charge in [-0.05, 0) is 25.0 Å². The first kappa shape index (κ1) is 13.3. The molecule has 1 amide bonds. The van der Waals surface area contributed by atoms with Gasteiger partial charge in [0.05, 0.1) is 16.8 Å². The lowest BCUT2D eigenvalue weighted by Crippen LogP contribution is -2.23. The molecule has 1 aromatic carbocycles. The Hall–Kier alpha value is -2.17. The lowest BCUT2D eigenvalue weighted by Gasteiger charge is -2.13. The molecule has 2 aromatic rings. The number of hydrogen-bond donors (Lipinski definition) is 2. The Morgan fingerprint density at radius 2 is 2.11 bits per heavy atom. The first-order valence-electron chi connectivity index (χ1n) is 6.39. The van der Waals surface area contributed by atoms with Crippen molar-refractivity contribution in [2.24, 2.45) is 0 Å². The summed E-state index contributed by atoms with van der Waals surface area (Å²) in [7, 11) is 0. The van der Waals surface area contributed by atoms with Crippen LogP contribution in [0.5, 0.6) is 0 Å². The summed E-state index contributed by atoms with van der Waals surface area (Å²) in [5.41, 5.74) is 7.84. The van der Waals surface area contributed by atoms with Gasteiger partial charge in [-0.15, -0.1) is 0 Å². The van der Waals surface area contributed by atoms with E-state index in [1.807, 2.05) is 32.9 Å². The van der Waals surface area contributed by atoms with Gasteiger partial charge < -0.3 is 11.1 Å². The second kappa shape index (κ2) is 5.22. The minimum absolute atomic E-state index is 0.108. The molecule has 0 aliphatic carbocycles. The van der Waals surface area contributed by atoms with Crippen LogP contribution in [-0.4, -0.2) is 22.4 Å². The van der Waals surface area contributed by atoms with Crippen LogP contribution in [0.1, 0.15) is 42.7 Å². The number of nitrogens with two attached hydrogens (primary N) is 1. The Labute approximate surface area is 112 Å². The topological polar surface area (TPSA) is 80.9 Å². The van der Waals surface area contributed by atoms with Gasteiger partial charge in [0.1, 0.15) is 0 Å². The molecule has 5 heteroatoms. The summed E-state index contributed by atoms with van der Waals surface area (Å²) in [6.07, 6.45) is 0. The molecule has 0 aliphatic heterocycles. The summed E-state index contributed by atoms with van der Waals surface area (Å²) in [4.78, 5) is 20.6. The number of carbonyl (C=O) groups excluding carboxylic acids is 1. The third-order valence-electron chi connectivity index (χ3n) is 2.90. The molecular formula is C14H18N4O. The van der Waals surface area contributed by atoms with Crippen molar-refractivity contribution in [3.63, 3.8) is 0 Å². The molecule has 0 bridgehead atoms. The molecule has 0 fully saturated rings. The molecule has 1 aromatic heterocycles. The normalized spacial score (nSPS) is 10.9. The van der Waals surface area contributed by atoms with Gasteiger partial charge in [0.25, 0.3) is 5.91 Å². The number of anilines is 1. The fourth-order valence-electron chi connectivity index (χ4n) is 2.09. The number of fused-ring (bicyclic) bond motifs is 1. The van der Waals surface area contributed by atoms with Crippen LogP contribution in [-0.2, 0) is 0 Å². The molecular weight excluding hydrogens is 240 g/mol. The second-order valence-corrected chi connectivity index (χ2v) is 4.68. The molecule has 0 atom stereocenters. The predicted octanol–water partition coefficient (Wildman–Crippen LogP) is 2.09. The molecule has 100 valence electrons. The van der Waals surface area contributed by atoms with Crippen molar-refractivity contribution in [1.82, 2.24) is 15.3 Å². The van der Waals surface area contributed by atoms with Crippen LogP contribution in [0.25, 0.3) is 10.9 Å². The van der Waals surface area contributed by atoms with Gasteiger partial charge in [0, 0.05) is 11.9 Å². The molecule has 19 heavy (non-hydrogen) atoms. The van der Waals surface area contributed by atoms with E-state index in [0.717, 1.165) is 11.1 Å². The molecule has 0 saturated carbocycles. The maximum Gasteiger partial charge on any atom is 0.252 e. The van der Waals surface area contributed by atoms with Gasteiger partial charge in [0.2, 0.25) is 5.95 Å². The van der Waals surface area contributed by atoms with Crippen LogP contribution in [0.3, 0.4) is 0 Å². The summed E-state index contributed by atoms with van der Waals surface area (Å²) < 4.78 is 0. The first-order valence-corrected chi connectivity index (χ1v) is 6.39. The number of nitrogens with one attached hydrogen (secondary N) is 1. The van der Waals surface area contributed by atoms with Crippen LogP contribution in [0.4, 0.5) is 5.95 Å². The van der Waals surface area contributed by atoms with Crippen LogP contribution in [0.15, 0.2) is 18.2 Å². The molecule has 1 heterocycles. The standard InChI is InChI=1S/C14H18N4O/c1-4-16-13(19)9-6-5-7-10-11(9)12(8(2)3)18-14(15)17-10/h5-8H,4H2,1-3H3,(H,16,19)(H2,15,17,18). The summed E-state index contributed by atoms with van der Waals surface area (Å²) in [5, 5.41) is 3.60. The van der Waals surface area contributed by atoms with Gasteiger partial charge >= 0.3 is 0 Å². The zero-order valence-electron chi connectivity index (χ0n) is 11.4. The number of aromatic nitrogens is 2. The lowest BCUT2D eigenvalue weighted by molar-refractivity contribution is 0.0957. The maximum absolute atomic E-state index is 12.1. The monoisotopic (exact) mass is 258 g/mol. The summed E-state index contributed by atoms with van der Waals surface area (Å²) in [6, 6.07) is 5.45. The van der Waals surface area contributed by atoms with Crippen molar-refractivity contribution in [3.8, 4) is 0 Å². The summed E-state index contributed by atoms with van der Waals surface area (Å²) in [5.74, 6) is 0.302. The third-order valence-corrected chi connectivity index (χ3v) is 2.90. The van der Waals surface area contributed by atoms with Gasteiger partial charge in [-0.3, -0.25) is 4.79 Å². The zero-order valence-corrected chi connectivity index (χ0v) is 11.4. The smallest absolute Gasteiger partial charge is 0.252 e. The fraction of sp³-hybridized carbons (Fsp3) is 0.357. The highest BCUT2D eigenvalue weighted by atomic mass is 16.1. The van der Waals surface area contributed by atoms with Gasteiger partial charge in [-0.25, -0.2) is 9.97 Å². The van der Waals surface area contributed by atoms with E-state index < -0.39 is 0 Å². The third kappa shape index (κ3) is 2.50. The van der Waals surface area contributed by atoms with E-state index in [1.54, 1.807) is 6.07 Å². The average Bonchev–Trinajstić information content (AvgIpc) is 2.36. The number of nitrogen functional groups attached to an aromatic ring is 1. The van der Waals surface area contributed by atoms with Crippen LogP contribution in [0, 0.1) is 0 Å². The minimum atomic E-state index is -0.108. The van der Waals surface area contributed by atoms with E-state index in [2.05, 4.69) is 15.3 Å². The predicted molar refractivity (Wildman–Crippen MR) is 76.0 cm³/mol. The number of benzene rings is 1. The number of rotatable bonds is 3. The number of amides is 1. The maximum atomic E-state index is 12.1. The number of hydrogen-bond acceptors (Lipinski definition) is 4. The highest BCUT2D eigenvalue weighted by Gasteiger charge is 2.17. The van der Waals surface area contributed by atoms with E-state index in [1.165, 1.54) is 0 Å². The molecule has 3 N–H and O–H groups in total. The van der Waals surface area contributed by atoms with Crippen molar-refractivity contribution >= 4 is 22.8 Å². The summed E-state index contributed by atoms with van der Waals surface area (Å²) in [6.45, 7) is 6.52. The minimum Gasteiger partial charge on any atom is -0.368 e. The van der Waals surface area contributed by atoms with Crippen LogP contribution in [0.2, 0.25) is 0 Å². The number of carbonyl (C=O) groups is 1. The van der Waals surface area contributed by atoms with Gasteiger partial charge in [-0.2, -0.15) is 0 Å². The van der Waals surface area contributed by atoms with Gasteiger partial charge in [-0.1, -0.05) is 19.9 Å². The molecule has 0 saturated heterocycles. The average molecular weight is 258 g/mol. The highest BCUT2D eigenvalue weighted by molar-refractivity contribution is 6.07. The van der Waals surface area contributed by atoms with Gasteiger partial charge in [0.15, 0.2) is 0 Å². The Morgan fingerprint density at radius 3 is 2.74 bits per heavy atom. The van der Waals surface area contributed by atoms with E-state index >= 15 is 0 Å². The van der Waals surface area contributed by atoms with Crippen molar-refractivity contribution in [2.45, 2.75) is 26.7 Å². The molecule has 0 radical (unpaired) electrons. The Kier molecular flexibility index (Phi) is 3.64. The molecule has 0 unspecified atom stereocenters. The fourth-order valence-corrected chi connectivity index (χ4v) is 2.09. The Balaban J connectivity index is 2.75. The Bertz CT molecular complexity index is 622. The van der Waals surface area contributed by atoms with Crippen molar-refractivity contribution in [3.05, 3.63) is 29.5 Å².